The third kappa shape index (κ3) is 3.07. The molecule has 2 N–H and O–H groups in total. The first-order valence-corrected chi connectivity index (χ1v) is 11.0. The molecule has 5 heterocycles. The molecule has 31 heavy (non-hydrogen) atoms. The van der Waals surface area contributed by atoms with Crippen molar-refractivity contribution in [3.05, 3.63) is 70.2 Å². The smallest absolute Gasteiger partial charge is 0.161 e. The Morgan fingerprint density at radius 2 is 1.90 bits per heavy atom. The van der Waals surface area contributed by atoms with Crippen LogP contribution < -0.4 is 0 Å². The molecule has 0 radical (unpaired) electrons. The van der Waals surface area contributed by atoms with Gasteiger partial charge in [0.2, 0.25) is 0 Å². The van der Waals surface area contributed by atoms with Crippen LogP contribution in [0.2, 0.25) is 0 Å². The van der Waals surface area contributed by atoms with Crippen LogP contribution in [0.1, 0.15) is 28.1 Å². The van der Waals surface area contributed by atoms with Crippen LogP contribution in [0.3, 0.4) is 0 Å². The van der Waals surface area contributed by atoms with Gasteiger partial charge < -0.3 is 4.98 Å². The number of pyridine rings is 1. The summed E-state index contributed by atoms with van der Waals surface area (Å²) in [7, 11) is 0. The standard InChI is InChI=1S/C23H19N7S/c1-12-7-15(19-6-3-13(2)31-19)20-18(8-12)27-23(28-20)22-21-17(29-30-22)5-4-16(26-21)14-9-24-11-25-10-14/h3-7,9-12H,8H2,1-2H3,(H,27,28)(H,29,30)/t12-/m0/s1. The van der Waals surface area contributed by atoms with Crippen LogP contribution in [0.4, 0.5) is 0 Å². The van der Waals surface area contributed by atoms with E-state index >= 15 is 0 Å². The Morgan fingerprint density at radius 3 is 2.71 bits per heavy atom. The van der Waals surface area contributed by atoms with E-state index in [-0.39, 0.29) is 0 Å². The molecule has 0 aliphatic heterocycles. The number of hydrogen-bond acceptors (Lipinski definition) is 6. The van der Waals surface area contributed by atoms with Gasteiger partial charge in [0.15, 0.2) is 11.5 Å². The first kappa shape index (κ1) is 18.1. The Kier molecular flexibility index (Phi) is 4.07. The van der Waals surface area contributed by atoms with Gasteiger partial charge in [-0.15, -0.1) is 11.3 Å². The van der Waals surface area contributed by atoms with E-state index in [9.17, 15) is 0 Å². The summed E-state index contributed by atoms with van der Waals surface area (Å²) in [6.07, 6.45) is 8.28. The number of thiophene rings is 1. The van der Waals surface area contributed by atoms with Crippen LogP contribution in [-0.4, -0.2) is 35.1 Å². The fourth-order valence-electron chi connectivity index (χ4n) is 4.07. The van der Waals surface area contributed by atoms with E-state index < -0.39 is 0 Å². The predicted molar refractivity (Wildman–Crippen MR) is 121 cm³/mol. The molecule has 0 saturated heterocycles. The second kappa shape index (κ2) is 6.95. The van der Waals surface area contributed by atoms with E-state index in [4.69, 9.17) is 9.97 Å². The molecule has 1 aliphatic carbocycles. The summed E-state index contributed by atoms with van der Waals surface area (Å²) in [5.41, 5.74) is 7.38. The van der Waals surface area contributed by atoms with Gasteiger partial charge in [-0.2, -0.15) is 5.10 Å². The van der Waals surface area contributed by atoms with E-state index in [1.807, 2.05) is 12.1 Å². The molecule has 0 unspecified atom stereocenters. The van der Waals surface area contributed by atoms with Crippen molar-refractivity contribution >= 4 is 27.9 Å². The zero-order chi connectivity index (χ0) is 20.9. The first-order valence-electron chi connectivity index (χ1n) is 10.1. The number of fused-ring (bicyclic) bond motifs is 2. The van der Waals surface area contributed by atoms with Crippen LogP contribution in [0, 0.1) is 12.8 Å². The van der Waals surface area contributed by atoms with Crippen molar-refractivity contribution in [1.82, 2.24) is 35.1 Å². The van der Waals surface area contributed by atoms with Gasteiger partial charge in [0.05, 0.1) is 16.9 Å². The van der Waals surface area contributed by atoms with Crippen molar-refractivity contribution in [3.63, 3.8) is 0 Å². The molecule has 1 atom stereocenters. The number of aryl methyl sites for hydroxylation is 1. The van der Waals surface area contributed by atoms with E-state index in [0.29, 0.717) is 5.92 Å². The summed E-state index contributed by atoms with van der Waals surface area (Å²) >= 11 is 1.80. The molecule has 7 nitrogen and oxygen atoms in total. The molecule has 0 bridgehead atoms. The Labute approximate surface area is 182 Å². The quantitative estimate of drug-likeness (QED) is 0.433. The summed E-state index contributed by atoms with van der Waals surface area (Å²) in [6, 6.07) is 8.26. The fraction of sp³-hybridized carbons (Fsp3) is 0.174. The van der Waals surface area contributed by atoms with Crippen LogP contribution in [0.25, 0.3) is 39.4 Å². The number of rotatable bonds is 3. The molecule has 5 aromatic heterocycles. The van der Waals surface area contributed by atoms with Gasteiger partial charge in [0.1, 0.15) is 11.8 Å². The number of nitrogens with zero attached hydrogens (tertiary/aromatic N) is 5. The van der Waals surface area contributed by atoms with E-state index in [1.54, 1.807) is 23.7 Å². The second-order valence-electron chi connectivity index (χ2n) is 7.88. The van der Waals surface area contributed by atoms with Gasteiger partial charge in [-0.1, -0.05) is 13.0 Å². The average molecular weight is 426 g/mol. The Hall–Kier alpha value is -3.65. The Morgan fingerprint density at radius 1 is 1.03 bits per heavy atom. The lowest BCUT2D eigenvalue weighted by molar-refractivity contribution is 0.700. The monoisotopic (exact) mass is 425 g/mol. The minimum Gasteiger partial charge on any atom is -0.340 e. The molecule has 1 aliphatic rings. The minimum atomic E-state index is 0.442. The fourth-order valence-corrected chi connectivity index (χ4v) is 4.96. The van der Waals surface area contributed by atoms with Crippen LogP contribution in [0.15, 0.2) is 49.1 Å². The maximum Gasteiger partial charge on any atom is 0.161 e. The van der Waals surface area contributed by atoms with Crippen molar-refractivity contribution in [2.24, 2.45) is 5.92 Å². The van der Waals surface area contributed by atoms with E-state index in [0.717, 1.165) is 51.6 Å². The molecular formula is C23H19N7S. The number of imidazole rings is 1. The highest BCUT2D eigenvalue weighted by Crippen LogP contribution is 2.37. The summed E-state index contributed by atoms with van der Waals surface area (Å²) in [5, 5.41) is 7.62. The van der Waals surface area contributed by atoms with Gasteiger partial charge in [-0.05, 0) is 43.5 Å². The highest BCUT2D eigenvalue weighted by atomic mass is 32.1. The second-order valence-corrected chi connectivity index (χ2v) is 9.16. The highest BCUT2D eigenvalue weighted by molar-refractivity contribution is 7.13. The van der Waals surface area contributed by atoms with Crippen LogP contribution >= 0.6 is 11.3 Å². The van der Waals surface area contributed by atoms with Gasteiger partial charge in [0, 0.05) is 39.0 Å². The van der Waals surface area contributed by atoms with E-state index in [1.165, 1.54) is 21.7 Å². The number of aromatic amines is 2. The van der Waals surface area contributed by atoms with E-state index in [2.05, 4.69) is 57.2 Å². The van der Waals surface area contributed by atoms with Gasteiger partial charge >= 0.3 is 0 Å². The zero-order valence-electron chi connectivity index (χ0n) is 17.0. The number of aromatic nitrogens is 7. The molecule has 6 rings (SSSR count). The topological polar surface area (TPSA) is 96.0 Å². The predicted octanol–water partition coefficient (Wildman–Crippen LogP) is 4.80. The third-order valence-corrected chi connectivity index (χ3v) is 6.54. The number of hydrogen-bond donors (Lipinski definition) is 2. The van der Waals surface area contributed by atoms with Crippen molar-refractivity contribution < 1.29 is 0 Å². The summed E-state index contributed by atoms with van der Waals surface area (Å²) in [5.74, 6) is 1.18. The van der Waals surface area contributed by atoms with Crippen molar-refractivity contribution in [2.75, 3.05) is 0 Å². The lowest BCUT2D eigenvalue weighted by Gasteiger charge is -2.16. The lowest BCUT2D eigenvalue weighted by Crippen LogP contribution is -2.07. The summed E-state index contributed by atoms with van der Waals surface area (Å²) in [4.78, 5) is 24.1. The molecule has 8 heteroatoms. The maximum absolute atomic E-state index is 4.98. The largest absolute Gasteiger partial charge is 0.340 e. The molecular weight excluding hydrogens is 406 g/mol. The maximum atomic E-state index is 4.98. The zero-order valence-corrected chi connectivity index (χ0v) is 17.9. The number of allylic oxidation sites excluding steroid dienone is 1. The number of H-pyrrole nitrogens is 2. The normalized spacial score (nSPS) is 15.8. The molecule has 0 spiro atoms. The molecule has 0 fully saturated rings. The first-order chi connectivity index (χ1) is 15.2. The SMILES string of the molecule is Cc1ccc(C2=C[C@H](C)Cc3[nH]c(-c4n[nH]c5ccc(-c6cncnc6)nc45)nc32)s1. The van der Waals surface area contributed by atoms with Gasteiger partial charge in [0.25, 0.3) is 0 Å². The van der Waals surface area contributed by atoms with Crippen molar-refractivity contribution in [1.29, 1.82) is 0 Å². The lowest BCUT2D eigenvalue weighted by atomic mass is 9.92. The van der Waals surface area contributed by atoms with Crippen LogP contribution in [0.5, 0.6) is 0 Å². The third-order valence-electron chi connectivity index (χ3n) is 5.51. The highest BCUT2D eigenvalue weighted by Gasteiger charge is 2.25. The van der Waals surface area contributed by atoms with Crippen molar-refractivity contribution in [2.45, 2.75) is 20.3 Å². The minimum absolute atomic E-state index is 0.442. The van der Waals surface area contributed by atoms with Gasteiger partial charge in [-0.3, -0.25) is 5.10 Å². The molecule has 0 saturated carbocycles. The van der Waals surface area contributed by atoms with Crippen molar-refractivity contribution in [3.8, 4) is 22.8 Å². The Balaban J connectivity index is 1.47. The summed E-state index contributed by atoms with van der Waals surface area (Å²) in [6.45, 7) is 4.37. The van der Waals surface area contributed by atoms with Crippen LogP contribution in [-0.2, 0) is 6.42 Å². The molecule has 0 amide bonds. The number of nitrogens with one attached hydrogen (secondary N) is 2. The molecule has 0 aromatic carbocycles. The van der Waals surface area contributed by atoms with Gasteiger partial charge in [-0.25, -0.2) is 19.9 Å². The molecule has 5 aromatic rings. The Bertz CT molecular complexity index is 1440. The average Bonchev–Trinajstić information content (AvgIpc) is 3.50. The summed E-state index contributed by atoms with van der Waals surface area (Å²) < 4.78 is 0. The molecule has 152 valence electrons.